The summed E-state index contributed by atoms with van der Waals surface area (Å²) in [4.78, 5) is 23.9. The van der Waals surface area contributed by atoms with Crippen LogP contribution in [-0.2, 0) is 19.1 Å². The van der Waals surface area contributed by atoms with E-state index in [-0.39, 0.29) is 11.9 Å². The molecule has 0 amide bonds. The molecule has 0 radical (unpaired) electrons. The highest BCUT2D eigenvalue weighted by Crippen LogP contribution is 2.16. The first-order valence-corrected chi connectivity index (χ1v) is 20.5. The Morgan fingerprint density at radius 1 is 0.289 bits per heavy atom. The lowest BCUT2D eigenvalue weighted by Gasteiger charge is -2.07. The van der Waals surface area contributed by atoms with Crippen LogP contribution in [0.15, 0.2) is 0 Å². The van der Waals surface area contributed by atoms with Crippen LogP contribution in [0.1, 0.15) is 239 Å². The van der Waals surface area contributed by atoms with E-state index in [9.17, 15) is 9.59 Å². The monoisotopic (exact) mass is 637 g/mol. The van der Waals surface area contributed by atoms with Gasteiger partial charge in [-0.05, 0) is 12.8 Å². The predicted molar refractivity (Wildman–Crippen MR) is 195 cm³/mol. The zero-order chi connectivity index (χ0) is 32.7. The highest BCUT2D eigenvalue weighted by atomic mass is 16.5. The van der Waals surface area contributed by atoms with Crippen LogP contribution in [-0.4, -0.2) is 25.2 Å². The van der Waals surface area contributed by atoms with Crippen LogP contribution in [0.5, 0.6) is 0 Å². The number of hydrogen-bond acceptors (Lipinski definition) is 4. The Morgan fingerprint density at radius 3 is 0.711 bits per heavy atom. The number of unbranched alkanes of at least 4 members (excludes halogenated alkanes) is 30. The average molecular weight is 637 g/mol. The summed E-state index contributed by atoms with van der Waals surface area (Å²) in [6.07, 6.45) is 44.3. The third kappa shape index (κ3) is 39.0. The van der Waals surface area contributed by atoms with E-state index < -0.39 is 0 Å². The minimum absolute atomic E-state index is 0.111. The Labute approximate surface area is 282 Å². The number of hydrogen-bond donors (Lipinski definition) is 0. The molecule has 0 spiro atoms. The molecule has 4 heteroatoms. The maximum absolute atomic E-state index is 11.9. The zero-order valence-electron chi connectivity index (χ0n) is 30.8. The van der Waals surface area contributed by atoms with Crippen molar-refractivity contribution in [1.82, 2.24) is 0 Å². The second kappa shape index (κ2) is 39.1. The molecule has 0 saturated heterocycles. The number of ether oxygens (including phenoxy) is 2. The Balaban J connectivity index is 3.25. The van der Waals surface area contributed by atoms with E-state index in [4.69, 9.17) is 9.47 Å². The first kappa shape index (κ1) is 43.9. The number of carbonyl (C=O) groups is 2. The second-order valence-corrected chi connectivity index (χ2v) is 13.9. The molecule has 0 aromatic heterocycles. The Hall–Kier alpha value is -1.06. The normalized spacial score (nSPS) is 11.2. The molecule has 0 unspecified atom stereocenters. The first-order valence-electron chi connectivity index (χ1n) is 20.5. The van der Waals surface area contributed by atoms with Gasteiger partial charge in [0.05, 0.1) is 13.2 Å². The van der Waals surface area contributed by atoms with Crippen molar-refractivity contribution in [3.8, 4) is 0 Å². The summed E-state index contributed by atoms with van der Waals surface area (Å²) in [6, 6.07) is 0. The van der Waals surface area contributed by atoms with E-state index in [0.717, 1.165) is 25.7 Å². The molecule has 268 valence electrons. The van der Waals surface area contributed by atoms with E-state index >= 15 is 0 Å². The van der Waals surface area contributed by atoms with E-state index in [1.165, 1.54) is 180 Å². The zero-order valence-corrected chi connectivity index (χ0v) is 30.8. The van der Waals surface area contributed by atoms with Gasteiger partial charge in [0.1, 0.15) is 0 Å². The molecular weight excluding hydrogens is 556 g/mol. The minimum atomic E-state index is -0.112. The van der Waals surface area contributed by atoms with Gasteiger partial charge in [0.15, 0.2) is 0 Å². The fourth-order valence-electron chi connectivity index (χ4n) is 6.21. The van der Waals surface area contributed by atoms with Crippen molar-refractivity contribution >= 4 is 11.9 Å². The summed E-state index contributed by atoms with van der Waals surface area (Å²) in [5, 5.41) is 0. The van der Waals surface area contributed by atoms with Crippen molar-refractivity contribution in [2.24, 2.45) is 0 Å². The molecule has 0 bridgehead atoms. The van der Waals surface area contributed by atoms with Crippen LogP contribution in [0, 0.1) is 0 Å². The predicted octanol–water partition coefficient (Wildman–Crippen LogP) is 13.8. The molecule has 0 atom stereocenters. The van der Waals surface area contributed by atoms with Gasteiger partial charge >= 0.3 is 11.9 Å². The Kier molecular flexibility index (Phi) is 38.2. The summed E-state index contributed by atoms with van der Waals surface area (Å²) in [7, 11) is 0. The van der Waals surface area contributed by atoms with Gasteiger partial charge in [-0.3, -0.25) is 9.59 Å². The molecule has 4 nitrogen and oxygen atoms in total. The highest BCUT2D eigenvalue weighted by molar-refractivity contribution is 5.69. The van der Waals surface area contributed by atoms with Gasteiger partial charge in [-0.1, -0.05) is 206 Å². The average Bonchev–Trinajstić information content (AvgIpc) is 3.04. The van der Waals surface area contributed by atoms with Crippen molar-refractivity contribution in [3.63, 3.8) is 0 Å². The molecule has 0 fully saturated rings. The lowest BCUT2D eigenvalue weighted by molar-refractivity contribution is -0.146. The van der Waals surface area contributed by atoms with Crippen LogP contribution in [0.2, 0.25) is 0 Å². The largest absolute Gasteiger partial charge is 0.466 e. The number of carbonyl (C=O) groups excluding carboxylic acids is 2. The van der Waals surface area contributed by atoms with Gasteiger partial charge < -0.3 is 9.47 Å². The van der Waals surface area contributed by atoms with Gasteiger partial charge in [-0.25, -0.2) is 0 Å². The first-order chi connectivity index (χ1) is 22.2. The molecular formula is C41H80O4. The van der Waals surface area contributed by atoms with E-state index in [1.807, 2.05) is 0 Å². The van der Waals surface area contributed by atoms with Crippen LogP contribution in [0.3, 0.4) is 0 Å². The van der Waals surface area contributed by atoms with Gasteiger partial charge in [0.2, 0.25) is 0 Å². The molecule has 0 saturated carbocycles. The molecule has 0 heterocycles. The van der Waals surface area contributed by atoms with E-state index in [2.05, 4.69) is 13.8 Å². The Bertz CT molecular complexity index is 590. The maximum atomic E-state index is 11.9. The van der Waals surface area contributed by atoms with Crippen molar-refractivity contribution in [3.05, 3.63) is 0 Å². The fraction of sp³-hybridized carbons (Fsp3) is 0.951. The van der Waals surface area contributed by atoms with Gasteiger partial charge in [0, 0.05) is 19.3 Å². The van der Waals surface area contributed by atoms with Crippen LogP contribution < -0.4 is 0 Å². The molecule has 0 aromatic carbocycles. The molecule has 0 N–H and O–H groups in total. The van der Waals surface area contributed by atoms with Gasteiger partial charge in [-0.15, -0.1) is 0 Å². The second-order valence-electron chi connectivity index (χ2n) is 13.9. The molecule has 0 aliphatic rings. The third-order valence-corrected chi connectivity index (χ3v) is 9.28. The summed E-state index contributed by atoms with van der Waals surface area (Å²) in [5.74, 6) is -0.223. The van der Waals surface area contributed by atoms with Crippen molar-refractivity contribution in [2.45, 2.75) is 239 Å². The van der Waals surface area contributed by atoms with Crippen molar-refractivity contribution < 1.29 is 19.1 Å². The highest BCUT2D eigenvalue weighted by Gasteiger charge is 2.05. The molecule has 45 heavy (non-hydrogen) atoms. The smallest absolute Gasteiger partial charge is 0.305 e. The summed E-state index contributed by atoms with van der Waals surface area (Å²) in [6.45, 7) is 5.27. The number of esters is 2. The molecule has 0 aromatic rings. The van der Waals surface area contributed by atoms with Crippen LogP contribution >= 0.6 is 0 Å². The lowest BCUT2D eigenvalue weighted by Crippen LogP contribution is -2.10. The standard InChI is InChI=1S/C41H80O4/c1-3-5-7-9-11-13-15-17-19-20-22-24-26-28-30-32-34-37-41(43)45-39-35-38-44-40(42)36-33-31-29-27-25-23-21-18-16-14-12-10-8-6-4-2/h3-39H2,1-2H3. The summed E-state index contributed by atoms with van der Waals surface area (Å²) < 4.78 is 10.6. The van der Waals surface area contributed by atoms with Crippen LogP contribution in [0.4, 0.5) is 0 Å². The topological polar surface area (TPSA) is 52.6 Å². The quantitative estimate of drug-likeness (QED) is 0.0500. The molecule has 0 aliphatic heterocycles. The Morgan fingerprint density at radius 2 is 0.489 bits per heavy atom. The lowest BCUT2D eigenvalue weighted by atomic mass is 10.0. The fourth-order valence-corrected chi connectivity index (χ4v) is 6.21. The van der Waals surface area contributed by atoms with E-state index in [1.54, 1.807) is 0 Å². The van der Waals surface area contributed by atoms with Crippen molar-refractivity contribution in [1.29, 1.82) is 0 Å². The number of rotatable bonds is 38. The summed E-state index contributed by atoms with van der Waals surface area (Å²) in [5.41, 5.74) is 0. The maximum Gasteiger partial charge on any atom is 0.305 e. The van der Waals surface area contributed by atoms with Crippen LogP contribution in [0.25, 0.3) is 0 Å². The van der Waals surface area contributed by atoms with Crippen molar-refractivity contribution in [2.75, 3.05) is 13.2 Å². The third-order valence-electron chi connectivity index (χ3n) is 9.28. The van der Waals surface area contributed by atoms with Gasteiger partial charge in [-0.2, -0.15) is 0 Å². The molecule has 0 rings (SSSR count). The SMILES string of the molecule is CCCCCCCCCCCCCCCCCCCC(=O)OCCCOC(=O)CCCCCCCCCCCCCCCCC. The molecule has 0 aliphatic carbocycles. The van der Waals surface area contributed by atoms with Gasteiger partial charge in [0.25, 0.3) is 0 Å². The minimum Gasteiger partial charge on any atom is -0.466 e. The van der Waals surface area contributed by atoms with E-state index in [0.29, 0.717) is 32.5 Å². The summed E-state index contributed by atoms with van der Waals surface area (Å²) >= 11 is 0.